The fourth-order valence-electron chi connectivity index (χ4n) is 2.82. The summed E-state index contributed by atoms with van der Waals surface area (Å²) in [7, 11) is 1.62. The van der Waals surface area contributed by atoms with Crippen molar-refractivity contribution in [1.29, 1.82) is 5.26 Å². The van der Waals surface area contributed by atoms with Crippen LogP contribution in [0, 0.1) is 11.3 Å². The number of rotatable bonds is 8. The van der Waals surface area contributed by atoms with Gasteiger partial charge in [0.2, 0.25) is 0 Å². The summed E-state index contributed by atoms with van der Waals surface area (Å²) in [6.07, 6.45) is 2.40. The lowest BCUT2D eigenvalue weighted by Crippen LogP contribution is -2.28. The average Bonchev–Trinajstić information content (AvgIpc) is 3.16. The molecular weight excluding hydrogens is 354 g/mol. The molecule has 6 heteroatoms. The zero-order chi connectivity index (χ0) is 19.8. The van der Waals surface area contributed by atoms with E-state index in [9.17, 15) is 10.1 Å². The molecule has 1 heterocycles. The molecule has 142 valence electrons. The van der Waals surface area contributed by atoms with Gasteiger partial charge in [0.05, 0.1) is 11.3 Å². The van der Waals surface area contributed by atoms with E-state index < -0.39 is 0 Å². The van der Waals surface area contributed by atoms with Gasteiger partial charge in [0, 0.05) is 26.5 Å². The van der Waals surface area contributed by atoms with E-state index in [-0.39, 0.29) is 11.6 Å². The second kappa shape index (κ2) is 9.40. The van der Waals surface area contributed by atoms with Gasteiger partial charge in [0.25, 0.3) is 5.91 Å². The minimum Gasteiger partial charge on any atom is -0.455 e. The number of carbonyl (C=O) groups is 1. The van der Waals surface area contributed by atoms with Crippen molar-refractivity contribution in [1.82, 2.24) is 9.88 Å². The van der Waals surface area contributed by atoms with Crippen LogP contribution in [0.3, 0.4) is 0 Å². The van der Waals surface area contributed by atoms with Crippen molar-refractivity contribution < 1.29 is 14.3 Å². The van der Waals surface area contributed by atoms with Gasteiger partial charge in [-0.25, -0.2) is 0 Å². The first kappa shape index (κ1) is 19.2. The largest absolute Gasteiger partial charge is 0.455 e. The van der Waals surface area contributed by atoms with Gasteiger partial charge in [-0.05, 0) is 36.8 Å². The standard InChI is InChI=1S/C22H21N3O3/c1-27-15-7-13-24-22(26)21-17(16-23)12-14-25(21)19-10-5-6-11-20(19)28-18-8-3-2-4-9-18/h2-6,8-12,14H,7,13,15H2,1H3,(H,24,26). The molecule has 0 aliphatic heterocycles. The fraction of sp³-hybridized carbons (Fsp3) is 0.182. The number of ether oxygens (including phenoxy) is 2. The average molecular weight is 375 g/mol. The molecule has 1 amide bonds. The Morgan fingerprint density at radius 2 is 1.86 bits per heavy atom. The van der Waals surface area contributed by atoms with Crippen LogP contribution >= 0.6 is 0 Å². The minimum absolute atomic E-state index is 0.282. The monoisotopic (exact) mass is 375 g/mol. The highest BCUT2D eigenvalue weighted by Gasteiger charge is 2.20. The summed E-state index contributed by atoms with van der Waals surface area (Å²) in [5.74, 6) is 0.961. The Bertz CT molecular complexity index is 974. The summed E-state index contributed by atoms with van der Waals surface area (Å²) in [6, 6.07) is 20.5. The molecule has 0 aliphatic rings. The second-order valence-corrected chi connectivity index (χ2v) is 6.04. The smallest absolute Gasteiger partial charge is 0.269 e. The Hall–Kier alpha value is -3.56. The van der Waals surface area contributed by atoms with Crippen molar-refractivity contribution >= 4 is 5.91 Å². The minimum atomic E-state index is -0.313. The molecule has 3 rings (SSSR count). The number of benzene rings is 2. The molecule has 0 spiro atoms. The Labute approximate surface area is 163 Å². The first-order valence-electron chi connectivity index (χ1n) is 8.95. The van der Waals surface area contributed by atoms with Gasteiger partial charge < -0.3 is 19.4 Å². The molecule has 0 atom stereocenters. The lowest BCUT2D eigenvalue weighted by atomic mass is 10.2. The number of hydrogen-bond acceptors (Lipinski definition) is 4. The molecule has 1 N–H and O–H groups in total. The van der Waals surface area contributed by atoms with Crippen molar-refractivity contribution in [2.45, 2.75) is 6.42 Å². The first-order chi connectivity index (χ1) is 13.7. The summed E-state index contributed by atoms with van der Waals surface area (Å²) in [5.41, 5.74) is 1.26. The molecular formula is C22H21N3O3. The lowest BCUT2D eigenvalue weighted by Gasteiger charge is -2.15. The Morgan fingerprint density at radius 3 is 2.61 bits per heavy atom. The number of aromatic nitrogens is 1. The van der Waals surface area contributed by atoms with Crippen LogP contribution in [0.25, 0.3) is 5.69 Å². The highest BCUT2D eigenvalue weighted by molar-refractivity contribution is 5.96. The maximum absolute atomic E-state index is 12.7. The molecule has 2 aromatic carbocycles. The third-order valence-electron chi connectivity index (χ3n) is 4.13. The molecule has 0 fully saturated rings. The SMILES string of the molecule is COCCCNC(=O)c1c(C#N)ccn1-c1ccccc1Oc1ccccc1. The number of nitrogens with zero attached hydrogens (tertiary/aromatic N) is 2. The zero-order valence-corrected chi connectivity index (χ0v) is 15.6. The van der Waals surface area contributed by atoms with Crippen LogP contribution in [-0.4, -0.2) is 30.7 Å². The highest BCUT2D eigenvalue weighted by Crippen LogP contribution is 2.30. The Kier molecular flexibility index (Phi) is 6.45. The van der Waals surface area contributed by atoms with Crippen molar-refractivity contribution in [2.75, 3.05) is 20.3 Å². The van der Waals surface area contributed by atoms with Gasteiger partial charge in [0.15, 0.2) is 5.75 Å². The summed E-state index contributed by atoms with van der Waals surface area (Å²) < 4.78 is 12.7. The normalized spacial score (nSPS) is 10.3. The van der Waals surface area contributed by atoms with Crippen LogP contribution in [0.4, 0.5) is 0 Å². The molecule has 0 aliphatic carbocycles. The third-order valence-corrected chi connectivity index (χ3v) is 4.13. The predicted molar refractivity (Wildman–Crippen MR) is 106 cm³/mol. The molecule has 0 saturated heterocycles. The van der Waals surface area contributed by atoms with Gasteiger partial charge in [-0.3, -0.25) is 4.79 Å². The van der Waals surface area contributed by atoms with E-state index in [2.05, 4.69) is 11.4 Å². The molecule has 28 heavy (non-hydrogen) atoms. The van der Waals surface area contributed by atoms with Crippen LogP contribution < -0.4 is 10.1 Å². The van der Waals surface area contributed by atoms with Crippen LogP contribution in [0.15, 0.2) is 66.9 Å². The summed E-state index contributed by atoms with van der Waals surface area (Å²) in [4.78, 5) is 12.7. The molecule has 6 nitrogen and oxygen atoms in total. The van der Waals surface area contributed by atoms with Gasteiger partial charge in [-0.1, -0.05) is 30.3 Å². The van der Waals surface area contributed by atoms with Crippen molar-refractivity contribution in [3.8, 4) is 23.3 Å². The molecule has 0 bridgehead atoms. The maximum atomic E-state index is 12.7. The van der Waals surface area contributed by atoms with E-state index in [4.69, 9.17) is 9.47 Å². The highest BCUT2D eigenvalue weighted by atomic mass is 16.5. The molecule has 1 aromatic heterocycles. The third kappa shape index (κ3) is 4.40. The van der Waals surface area contributed by atoms with E-state index in [0.717, 1.165) is 0 Å². The predicted octanol–water partition coefficient (Wildman–Crippen LogP) is 3.91. The first-order valence-corrected chi connectivity index (χ1v) is 8.95. The van der Waals surface area contributed by atoms with E-state index in [0.29, 0.717) is 42.3 Å². The second-order valence-electron chi connectivity index (χ2n) is 6.04. The van der Waals surface area contributed by atoms with Crippen LogP contribution in [0.2, 0.25) is 0 Å². The van der Waals surface area contributed by atoms with Crippen molar-refractivity contribution in [3.05, 3.63) is 78.1 Å². The van der Waals surface area contributed by atoms with E-state index >= 15 is 0 Å². The Balaban J connectivity index is 1.93. The molecule has 0 radical (unpaired) electrons. The zero-order valence-electron chi connectivity index (χ0n) is 15.6. The summed E-state index contributed by atoms with van der Waals surface area (Å²) in [6.45, 7) is 1.02. The van der Waals surface area contributed by atoms with E-state index in [1.54, 1.807) is 23.9 Å². The lowest BCUT2D eigenvalue weighted by molar-refractivity contribution is 0.0941. The fourth-order valence-corrected chi connectivity index (χ4v) is 2.82. The van der Waals surface area contributed by atoms with Gasteiger partial charge in [-0.2, -0.15) is 5.26 Å². The number of nitrogens with one attached hydrogen (secondary N) is 1. The van der Waals surface area contributed by atoms with Gasteiger partial charge in [-0.15, -0.1) is 0 Å². The van der Waals surface area contributed by atoms with E-state index in [1.165, 1.54) is 0 Å². The van der Waals surface area contributed by atoms with E-state index in [1.807, 2.05) is 54.6 Å². The van der Waals surface area contributed by atoms with Crippen LogP contribution in [0.1, 0.15) is 22.5 Å². The molecule has 3 aromatic rings. The molecule has 0 saturated carbocycles. The summed E-state index contributed by atoms with van der Waals surface area (Å²) >= 11 is 0. The van der Waals surface area contributed by atoms with Gasteiger partial charge in [0.1, 0.15) is 17.5 Å². The molecule has 0 unspecified atom stereocenters. The maximum Gasteiger partial charge on any atom is 0.269 e. The Morgan fingerprint density at radius 1 is 1.11 bits per heavy atom. The number of hydrogen-bond donors (Lipinski definition) is 1. The van der Waals surface area contributed by atoms with Crippen LogP contribution in [0.5, 0.6) is 11.5 Å². The number of amides is 1. The number of carbonyl (C=O) groups excluding carboxylic acids is 1. The summed E-state index contributed by atoms with van der Waals surface area (Å²) in [5, 5.41) is 12.3. The van der Waals surface area contributed by atoms with Crippen LogP contribution in [-0.2, 0) is 4.74 Å². The number of para-hydroxylation sites is 3. The number of nitriles is 1. The van der Waals surface area contributed by atoms with Crippen molar-refractivity contribution in [2.24, 2.45) is 0 Å². The number of methoxy groups -OCH3 is 1. The topological polar surface area (TPSA) is 76.3 Å². The quantitative estimate of drug-likeness (QED) is 0.606. The van der Waals surface area contributed by atoms with Gasteiger partial charge >= 0.3 is 0 Å². The van der Waals surface area contributed by atoms with Crippen molar-refractivity contribution in [3.63, 3.8) is 0 Å².